The van der Waals surface area contributed by atoms with E-state index in [0.29, 0.717) is 5.76 Å². The summed E-state index contributed by atoms with van der Waals surface area (Å²) in [5, 5.41) is 9.43. The van der Waals surface area contributed by atoms with E-state index in [1.54, 1.807) is 12.1 Å². The molecule has 0 bridgehead atoms. The number of carboxylic acids is 1. The number of aromatic carboxylic acids is 1. The third-order valence-electron chi connectivity index (χ3n) is 5.63. The Bertz CT molecular complexity index is 1330. The molecule has 2 aromatic heterocycles. The third kappa shape index (κ3) is 4.06. The summed E-state index contributed by atoms with van der Waals surface area (Å²) in [6.45, 7) is 0.0776. The molecule has 5 rings (SSSR count). The molecule has 0 fully saturated rings. The highest BCUT2D eigenvalue weighted by molar-refractivity contribution is 9.10. The normalized spacial score (nSPS) is 12.1. The molecule has 1 aliphatic carbocycles. The van der Waals surface area contributed by atoms with Gasteiger partial charge in [-0.15, -0.1) is 0 Å². The van der Waals surface area contributed by atoms with Gasteiger partial charge in [-0.2, -0.15) is 0 Å². The Hall–Kier alpha value is -3.98. The number of carbonyl (C=O) groups excluding carboxylic acids is 1. The number of furan rings is 1. The molecule has 0 aliphatic heterocycles. The van der Waals surface area contributed by atoms with Crippen LogP contribution in [0.5, 0.6) is 0 Å². The molecular weight excluding hydrogens is 502 g/mol. The molecule has 2 aromatic carbocycles. The topological polar surface area (TPSA) is 106 Å². The van der Waals surface area contributed by atoms with Gasteiger partial charge in [0, 0.05) is 12.1 Å². The fourth-order valence-corrected chi connectivity index (χ4v) is 4.45. The maximum absolute atomic E-state index is 13.2. The number of fused-ring (bicyclic) bond motifs is 3. The molecule has 0 spiro atoms. The molecule has 4 aromatic rings. The predicted octanol–water partition coefficient (Wildman–Crippen LogP) is 5.49. The van der Waals surface area contributed by atoms with E-state index in [1.807, 2.05) is 36.4 Å². The minimum Gasteiger partial charge on any atom is -0.476 e. The number of rotatable bonds is 6. The van der Waals surface area contributed by atoms with Crippen molar-refractivity contribution in [1.82, 2.24) is 9.97 Å². The van der Waals surface area contributed by atoms with Crippen LogP contribution in [0.25, 0.3) is 11.1 Å². The molecule has 8 nitrogen and oxygen atoms in total. The Labute approximate surface area is 203 Å². The zero-order valence-electron chi connectivity index (χ0n) is 17.7. The molecule has 9 heteroatoms. The molecule has 0 radical (unpaired) electrons. The lowest BCUT2D eigenvalue weighted by molar-refractivity contribution is 0.0689. The maximum atomic E-state index is 13.2. The number of benzene rings is 2. The van der Waals surface area contributed by atoms with Gasteiger partial charge in [0.1, 0.15) is 12.4 Å². The number of hydrogen-bond acceptors (Lipinski definition) is 6. The van der Waals surface area contributed by atoms with Crippen LogP contribution < -0.4 is 4.90 Å². The van der Waals surface area contributed by atoms with Crippen molar-refractivity contribution in [3.8, 4) is 11.1 Å². The van der Waals surface area contributed by atoms with Crippen molar-refractivity contribution in [3.05, 3.63) is 100 Å². The van der Waals surface area contributed by atoms with E-state index >= 15 is 0 Å². The first kappa shape index (κ1) is 21.8. The molecule has 34 heavy (non-hydrogen) atoms. The highest BCUT2D eigenvalue weighted by Crippen LogP contribution is 2.44. The van der Waals surface area contributed by atoms with Crippen molar-refractivity contribution in [2.45, 2.75) is 12.5 Å². The Morgan fingerprint density at radius 3 is 2.32 bits per heavy atom. The van der Waals surface area contributed by atoms with Crippen molar-refractivity contribution < 1.29 is 23.8 Å². The Morgan fingerprint density at radius 2 is 1.71 bits per heavy atom. The van der Waals surface area contributed by atoms with Crippen LogP contribution in [0, 0.1) is 0 Å². The van der Waals surface area contributed by atoms with Crippen molar-refractivity contribution >= 4 is 33.9 Å². The number of aromatic nitrogens is 2. The van der Waals surface area contributed by atoms with Gasteiger partial charge in [-0.3, -0.25) is 0 Å². The SMILES string of the molecule is O=C(O)c1nc(N(Cc2ccco2)C(=O)OCC2c3ccccc3-c3ccccc32)ncc1Br. The number of hydrogen-bond donors (Lipinski definition) is 1. The number of nitrogens with zero attached hydrogens (tertiary/aromatic N) is 3. The van der Waals surface area contributed by atoms with Crippen LogP contribution >= 0.6 is 15.9 Å². The quantitative estimate of drug-likeness (QED) is 0.359. The summed E-state index contributed by atoms with van der Waals surface area (Å²) in [7, 11) is 0. The van der Waals surface area contributed by atoms with Gasteiger partial charge in [0.05, 0.1) is 17.3 Å². The van der Waals surface area contributed by atoms with Crippen molar-refractivity contribution in [3.63, 3.8) is 0 Å². The number of carboxylic acid groups (broad SMARTS) is 1. The summed E-state index contributed by atoms with van der Waals surface area (Å²) < 4.78 is 11.3. The first-order chi connectivity index (χ1) is 16.5. The van der Waals surface area contributed by atoms with Crippen LogP contribution in [0.2, 0.25) is 0 Å². The van der Waals surface area contributed by atoms with E-state index in [1.165, 1.54) is 12.5 Å². The van der Waals surface area contributed by atoms with E-state index in [-0.39, 0.29) is 35.2 Å². The van der Waals surface area contributed by atoms with Crippen LogP contribution in [0.15, 0.2) is 82.0 Å². The fourth-order valence-electron chi connectivity index (χ4n) is 4.09. The number of halogens is 1. The standard InChI is InChI=1S/C25H18BrN3O5/c26-21-12-27-24(28-22(21)23(30)31)29(13-15-6-5-11-33-15)25(32)34-14-20-18-9-3-1-7-16(18)17-8-2-4-10-19(17)20/h1-12,20H,13-14H2,(H,30,31). The molecule has 1 N–H and O–H groups in total. The monoisotopic (exact) mass is 519 g/mol. The molecule has 0 unspecified atom stereocenters. The highest BCUT2D eigenvalue weighted by Gasteiger charge is 2.31. The van der Waals surface area contributed by atoms with Crippen LogP contribution in [-0.2, 0) is 11.3 Å². The summed E-state index contributed by atoms with van der Waals surface area (Å²) >= 11 is 3.12. The van der Waals surface area contributed by atoms with E-state index in [2.05, 4.69) is 38.0 Å². The van der Waals surface area contributed by atoms with Gasteiger partial charge in [0.15, 0.2) is 5.69 Å². The van der Waals surface area contributed by atoms with Gasteiger partial charge < -0.3 is 14.3 Å². The first-order valence-electron chi connectivity index (χ1n) is 10.4. The molecule has 1 amide bonds. The lowest BCUT2D eigenvalue weighted by atomic mass is 9.98. The van der Waals surface area contributed by atoms with E-state index in [0.717, 1.165) is 27.2 Å². The second-order valence-electron chi connectivity index (χ2n) is 7.64. The van der Waals surface area contributed by atoms with Crippen molar-refractivity contribution in [2.24, 2.45) is 0 Å². The van der Waals surface area contributed by atoms with E-state index in [9.17, 15) is 14.7 Å². The first-order valence-corrected chi connectivity index (χ1v) is 11.2. The summed E-state index contributed by atoms with van der Waals surface area (Å²) in [5.74, 6) is -1.01. The summed E-state index contributed by atoms with van der Waals surface area (Å²) in [5.41, 5.74) is 4.15. The maximum Gasteiger partial charge on any atom is 0.417 e. The van der Waals surface area contributed by atoms with Gasteiger partial charge in [-0.25, -0.2) is 24.5 Å². The van der Waals surface area contributed by atoms with Gasteiger partial charge in [0.2, 0.25) is 5.95 Å². The molecule has 0 saturated heterocycles. The van der Waals surface area contributed by atoms with Crippen LogP contribution in [0.1, 0.15) is 33.3 Å². The molecule has 2 heterocycles. The number of amides is 1. The summed E-state index contributed by atoms with van der Waals surface area (Å²) in [6, 6.07) is 19.5. The fraction of sp³-hybridized carbons (Fsp3) is 0.120. The summed E-state index contributed by atoms with van der Waals surface area (Å²) in [4.78, 5) is 34.1. The van der Waals surface area contributed by atoms with Gasteiger partial charge in [-0.05, 0) is 50.3 Å². The molecule has 0 atom stereocenters. The minimum absolute atomic E-state index is 0.0234. The Kier molecular flexibility index (Phi) is 5.85. The smallest absolute Gasteiger partial charge is 0.417 e. The zero-order chi connectivity index (χ0) is 23.7. The van der Waals surface area contributed by atoms with Gasteiger partial charge in [-0.1, -0.05) is 48.5 Å². The lowest BCUT2D eigenvalue weighted by Gasteiger charge is -2.21. The van der Waals surface area contributed by atoms with Crippen LogP contribution in [-0.4, -0.2) is 33.7 Å². The predicted molar refractivity (Wildman–Crippen MR) is 127 cm³/mol. The van der Waals surface area contributed by atoms with Gasteiger partial charge >= 0.3 is 12.1 Å². The van der Waals surface area contributed by atoms with Crippen LogP contribution in [0.3, 0.4) is 0 Å². The number of anilines is 1. The average Bonchev–Trinajstić information content (AvgIpc) is 3.47. The summed E-state index contributed by atoms with van der Waals surface area (Å²) in [6.07, 6.45) is 2.06. The molecular formula is C25H18BrN3O5. The minimum atomic E-state index is -1.25. The van der Waals surface area contributed by atoms with Gasteiger partial charge in [0.25, 0.3) is 0 Å². The second-order valence-corrected chi connectivity index (χ2v) is 8.50. The van der Waals surface area contributed by atoms with Crippen LogP contribution in [0.4, 0.5) is 10.7 Å². The molecule has 170 valence electrons. The average molecular weight is 520 g/mol. The molecule has 0 saturated carbocycles. The van der Waals surface area contributed by atoms with E-state index < -0.39 is 12.1 Å². The Morgan fingerprint density at radius 1 is 1.03 bits per heavy atom. The third-order valence-corrected chi connectivity index (χ3v) is 6.21. The molecule has 1 aliphatic rings. The lowest BCUT2D eigenvalue weighted by Crippen LogP contribution is -2.33. The Balaban J connectivity index is 1.43. The highest BCUT2D eigenvalue weighted by atomic mass is 79.9. The number of carbonyl (C=O) groups is 2. The number of ether oxygens (including phenoxy) is 1. The van der Waals surface area contributed by atoms with Crippen molar-refractivity contribution in [2.75, 3.05) is 11.5 Å². The second kappa shape index (κ2) is 9.11. The van der Waals surface area contributed by atoms with E-state index in [4.69, 9.17) is 9.15 Å². The largest absolute Gasteiger partial charge is 0.476 e. The zero-order valence-corrected chi connectivity index (χ0v) is 19.3. The van der Waals surface area contributed by atoms with Crippen molar-refractivity contribution in [1.29, 1.82) is 0 Å².